The van der Waals surface area contributed by atoms with Crippen molar-refractivity contribution in [2.24, 2.45) is 10.7 Å². The van der Waals surface area contributed by atoms with Crippen molar-refractivity contribution in [3.05, 3.63) is 59.5 Å². The molecule has 1 aromatic rings. The van der Waals surface area contributed by atoms with Gasteiger partial charge in [-0.1, -0.05) is 36.4 Å². The van der Waals surface area contributed by atoms with Gasteiger partial charge in [0, 0.05) is 12.6 Å². The molecular formula is C14H18N2O. The fourth-order valence-electron chi connectivity index (χ4n) is 1.27. The van der Waals surface area contributed by atoms with Gasteiger partial charge in [-0.15, -0.1) is 0 Å². The average molecular weight is 230 g/mol. The summed E-state index contributed by atoms with van der Waals surface area (Å²) in [5.41, 5.74) is 8.58. The zero-order valence-electron chi connectivity index (χ0n) is 10.1. The highest BCUT2D eigenvalue weighted by Gasteiger charge is 1.97. The van der Waals surface area contributed by atoms with E-state index >= 15 is 0 Å². The van der Waals surface area contributed by atoms with E-state index in [1.807, 2.05) is 31.2 Å². The van der Waals surface area contributed by atoms with Crippen molar-refractivity contribution in [1.82, 2.24) is 0 Å². The summed E-state index contributed by atoms with van der Waals surface area (Å²) in [6.07, 6.45) is 1.75. The van der Waals surface area contributed by atoms with E-state index in [0.29, 0.717) is 19.0 Å². The molecule has 0 aromatic heterocycles. The Morgan fingerprint density at radius 2 is 1.94 bits per heavy atom. The Morgan fingerprint density at radius 1 is 1.35 bits per heavy atom. The predicted molar refractivity (Wildman–Crippen MR) is 71.6 cm³/mol. The Labute approximate surface area is 102 Å². The normalized spacial score (nSPS) is 11.1. The summed E-state index contributed by atoms with van der Waals surface area (Å²) in [5, 5.41) is 0. The predicted octanol–water partition coefficient (Wildman–Crippen LogP) is 2.78. The van der Waals surface area contributed by atoms with Crippen LogP contribution in [0.3, 0.4) is 0 Å². The fourth-order valence-corrected chi connectivity index (χ4v) is 1.27. The summed E-state index contributed by atoms with van der Waals surface area (Å²) in [6.45, 7) is 10.1. The van der Waals surface area contributed by atoms with E-state index in [9.17, 15) is 0 Å². The molecule has 1 aromatic carbocycles. The van der Waals surface area contributed by atoms with E-state index < -0.39 is 0 Å². The molecule has 3 nitrogen and oxygen atoms in total. The number of hydrogen-bond donors (Lipinski definition) is 1. The Balaban J connectivity index is 2.59. The first-order chi connectivity index (χ1) is 8.15. The Kier molecular flexibility index (Phi) is 5.17. The first kappa shape index (κ1) is 13.2. The standard InChI is InChI=1S/C14H18N2O/c1-11(2)8-14(16-3)17-10-13-6-4-12(9-15)5-7-13/h4-8H,1,3,9-10,15H2,2H3/b14-8+. The van der Waals surface area contributed by atoms with Crippen molar-refractivity contribution in [1.29, 1.82) is 0 Å². The van der Waals surface area contributed by atoms with Crippen molar-refractivity contribution in [3.8, 4) is 0 Å². The van der Waals surface area contributed by atoms with E-state index in [-0.39, 0.29) is 0 Å². The Morgan fingerprint density at radius 3 is 2.41 bits per heavy atom. The fraction of sp³-hybridized carbons (Fsp3) is 0.214. The van der Waals surface area contributed by atoms with Gasteiger partial charge >= 0.3 is 0 Å². The SMILES string of the molecule is C=N/C(=C\C(=C)C)OCc1ccc(CN)cc1. The quantitative estimate of drug-likeness (QED) is 0.464. The van der Waals surface area contributed by atoms with E-state index in [0.717, 1.165) is 16.7 Å². The molecule has 90 valence electrons. The largest absolute Gasteiger partial charge is 0.473 e. The van der Waals surface area contributed by atoms with E-state index in [2.05, 4.69) is 18.3 Å². The summed E-state index contributed by atoms with van der Waals surface area (Å²) in [6, 6.07) is 7.96. The molecule has 0 fully saturated rings. The van der Waals surface area contributed by atoms with E-state index in [4.69, 9.17) is 10.5 Å². The van der Waals surface area contributed by atoms with Crippen LogP contribution < -0.4 is 5.73 Å². The van der Waals surface area contributed by atoms with Crippen LogP contribution in [0.25, 0.3) is 0 Å². The molecule has 0 saturated carbocycles. The number of nitrogens with two attached hydrogens (primary N) is 1. The molecule has 0 atom stereocenters. The third-order valence-electron chi connectivity index (χ3n) is 2.17. The van der Waals surface area contributed by atoms with Gasteiger partial charge in [0.05, 0.1) is 0 Å². The maximum Gasteiger partial charge on any atom is 0.213 e. The minimum Gasteiger partial charge on any atom is -0.473 e. The lowest BCUT2D eigenvalue weighted by molar-refractivity contribution is 0.197. The van der Waals surface area contributed by atoms with E-state index in [1.54, 1.807) is 6.08 Å². The minimum absolute atomic E-state index is 0.461. The molecule has 0 aliphatic carbocycles. The van der Waals surface area contributed by atoms with Gasteiger partial charge in [-0.25, -0.2) is 4.99 Å². The Hall–Kier alpha value is -1.87. The molecular weight excluding hydrogens is 212 g/mol. The van der Waals surface area contributed by atoms with Gasteiger partial charge in [-0.2, -0.15) is 0 Å². The van der Waals surface area contributed by atoms with Crippen LogP contribution in [0.5, 0.6) is 0 Å². The van der Waals surface area contributed by atoms with Gasteiger partial charge in [-0.3, -0.25) is 0 Å². The first-order valence-electron chi connectivity index (χ1n) is 5.40. The van der Waals surface area contributed by atoms with Crippen LogP contribution >= 0.6 is 0 Å². The van der Waals surface area contributed by atoms with Crippen LogP contribution in [0.2, 0.25) is 0 Å². The summed E-state index contributed by atoms with van der Waals surface area (Å²) < 4.78 is 5.50. The number of hydrogen-bond acceptors (Lipinski definition) is 3. The molecule has 2 N–H and O–H groups in total. The van der Waals surface area contributed by atoms with Crippen molar-refractivity contribution in [2.75, 3.05) is 0 Å². The van der Waals surface area contributed by atoms with Crippen LogP contribution in [0.1, 0.15) is 18.1 Å². The lowest BCUT2D eigenvalue weighted by Crippen LogP contribution is -1.97. The van der Waals surface area contributed by atoms with E-state index in [1.165, 1.54) is 0 Å². The Bertz CT molecular complexity index is 418. The molecule has 0 aliphatic heterocycles. The topological polar surface area (TPSA) is 47.6 Å². The number of nitrogens with zero attached hydrogens (tertiary/aromatic N) is 1. The van der Waals surface area contributed by atoms with Crippen molar-refractivity contribution < 1.29 is 4.74 Å². The highest BCUT2D eigenvalue weighted by atomic mass is 16.5. The maximum absolute atomic E-state index is 5.53. The lowest BCUT2D eigenvalue weighted by atomic mass is 10.1. The van der Waals surface area contributed by atoms with Crippen LogP contribution in [0.4, 0.5) is 0 Å². The zero-order valence-corrected chi connectivity index (χ0v) is 10.1. The molecule has 17 heavy (non-hydrogen) atoms. The summed E-state index contributed by atoms with van der Waals surface area (Å²) in [7, 11) is 0. The van der Waals surface area contributed by atoms with Gasteiger partial charge in [0.2, 0.25) is 5.88 Å². The first-order valence-corrected chi connectivity index (χ1v) is 5.40. The molecule has 0 spiro atoms. The number of ether oxygens (including phenoxy) is 1. The third kappa shape index (κ3) is 4.66. The molecule has 0 unspecified atom stereocenters. The molecule has 0 heterocycles. The number of benzene rings is 1. The smallest absolute Gasteiger partial charge is 0.213 e. The molecule has 0 aliphatic rings. The van der Waals surface area contributed by atoms with Crippen molar-refractivity contribution >= 4 is 6.72 Å². The number of allylic oxidation sites excluding steroid dienone is 2. The second kappa shape index (κ2) is 6.66. The monoisotopic (exact) mass is 230 g/mol. The van der Waals surface area contributed by atoms with Crippen LogP contribution in [-0.4, -0.2) is 6.72 Å². The summed E-state index contributed by atoms with van der Waals surface area (Å²) in [4.78, 5) is 3.79. The van der Waals surface area contributed by atoms with Gasteiger partial charge in [0.25, 0.3) is 0 Å². The minimum atomic E-state index is 0.461. The molecule has 0 radical (unpaired) electrons. The van der Waals surface area contributed by atoms with Gasteiger partial charge < -0.3 is 10.5 Å². The highest BCUT2D eigenvalue weighted by molar-refractivity contribution is 5.29. The van der Waals surface area contributed by atoms with Crippen LogP contribution in [0.15, 0.2) is 53.4 Å². The van der Waals surface area contributed by atoms with Crippen molar-refractivity contribution in [2.45, 2.75) is 20.1 Å². The van der Waals surface area contributed by atoms with Gasteiger partial charge in [0.15, 0.2) is 0 Å². The molecule has 1 rings (SSSR count). The van der Waals surface area contributed by atoms with Gasteiger partial charge in [0.1, 0.15) is 6.61 Å². The molecule has 0 amide bonds. The second-order valence-electron chi connectivity index (χ2n) is 3.80. The highest BCUT2D eigenvalue weighted by Crippen LogP contribution is 2.10. The van der Waals surface area contributed by atoms with Gasteiger partial charge in [-0.05, 0) is 24.8 Å². The summed E-state index contributed by atoms with van der Waals surface area (Å²) in [5.74, 6) is 0.486. The van der Waals surface area contributed by atoms with Crippen molar-refractivity contribution in [3.63, 3.8) is 0 Å². The van der Waals surface area contributed by atoms with Crippen LogP contribution in [0, 0.1) is 0 Å². The molecule has 3 heteroatoms. The van der Waals surface area contributed by atoms with Crippen LogP contribution in [-0.2, 0) is 17.9 Å². The second-order valence-corrected chi connectivity index (χ2v) is 3.80. The maximum atomic E-state index is 5.53. The molecule has 0 saturated heterocycles. The number of aliphatic imine (C=N–C) groups is 1. The number of rotatable bonds is 6. The average Bonchev–Trinajstić information content (AvgIpc) is 2.34. The third-order valence-corrected chi connectivity index (χ3v) is 2.17. The lowest BCUT2D eigenvalue weighted by Gasteiger charge is -2.06. The summed E-state index contributed by atoms with van der Waals surface area (Å²) >= 11 is 0. The molecule has 0 bridgehead atoms. The zero-order chi connectivity index (χ0) is 12.7.